The molecule has 1 fully saturated rings. The van der Waals surface area contributed by atoms with E-state index in [9.17, 15) is 10.1 Å². The number of rotatable bonds is 20. The van der Waals surface area contributed by atoms with Crippen molar-refractivity contribution in [2.24, 2.45) is 4.99 Å². The van der Waals surface area contributed by atoms with E-state index in [0.29, 0.717) is 11.5 Å². The number of imidazole rings is 1. The number of aliphatic imine (C=N–C) groups is 1. The molecule has 1 aliphatic rings. The van der Waals surface area contributed by atoms with Crippen LogP contribution in [-0.4, -0.2) is 114 Å². The molecule has 17 heteroatoms. The van der Waals surface area contributed by atoms with Crippen molar-refractivity contribution in [2.75, 3.05) is 48.6 Å². The van der Waals surface area contributed by atoms with Crippen molar-refractivity contribution in [1.82, 2.24) is 29.1 Å². The molecule has 5 aromatic rings. The van der Waals surface area contributed by atoms with Gasteiger partial charge in [-0.3, -0.25) is 14.3 Å². The van der Waals surface area contributed by atoms with Gasteiger partial charge in [0.2, 0.25) is 5.95 Å². The zero-order valence-electron chi connectivity index (χ0n) is 36.1. The fourth-order valence-corrected chi connectivity index (χ4v) is 9.22. The Labute approximate surface area is 358 Å². The maximum atomic E-state index is 13.3. The number of fused-ring (bicyclic) bond motifs is 1. The molecule has 0 bridgehead atoms. The second-order valence-corrected chi connectivity index (χ2v) is 16.5. The molecule has 1 aliphatic heterocycles. The van der Waals surface area contributed by atoms with Gasteiger partial charge in [0.15, 0.2) is 17.4 Å². The predicted molar refractivity (Wildman–Crippen MR) is 233 cm³/mol. The van der Waals surface area contributed by atoms with E-state index in [1.54, 1.807) is 37.1 Å². The van der Waals surface area contributed by atoms with Gasteiger partial charge in [-0.15, -0.1) is 0 Å². The van der Waals surface area contributed by atoms with Gasteiger partial charge in [-0.2, -0.15) is 10.2 Å². The van der Waals surface area contributed by atoms with E-state index in [-0.39, 0.29) is 48.8 Å². The van der Waals surface area contributed by atoms with Crippen LogP contribution in [0.25, 0.3) is 11.2 Å². The molecule has 0 amide bonds. The maximum absolute atomic E-state index is 13.3. The first-order valence-corrected chi connectivity index (χ1v) is 21.2. The number of H-pyrrole nitrogens is 1. The molecule has 0 spiro atoms. The lowest BCUT2D eigenvalue weighted by Crippen LogP contribution is -2.42. The zero-order valence-corrected chi connectivity index (χ0v) is 37.0. The van der Waals surface area contributed by atoms with Crippen molar-refractivity contribution >= 4 is 32.0 Å². The van der Waals surface area contributed by atoms with Crippen LogP contribution in [0.1, 0.15) is 57.0 Å². The zero-order chi connectivity index (χ0) is 43.7. The normalized spacial score (nSPS) is 18.7. The summed E-state index contributed by atoms with van der Waals surface area (Å²) in [5, 5.41) is 9.46. The molecule has 16 nitrogen and oxygen atoms in total. The minimum atomic E-state index is -1.78. The van der Waals surface area contributed by atoms with Gasteiger partial charge >= 0.3 is 0 Å². The molecule has 1 N–H and O–H groups in total. The van der Waals surface area contributed by atoms with Crippen LogP contribution in [0.2, 0.25) is 0 Å². The highest BCUT2D eigenvalue weighted by molar-refractivity contribution is 7.44. The number of ether oxygens (including phenoxy) is 5. The smallest absolute Gasteiger partial charge is 0.280 e. The number of benzene rings is 3. The van der Waals surface area contributed by atoms with E-state index in [2.05, 4.69) is 58.4 Å². The summed E-state index contributed by atoms with van der Waals surface area (Å²) in [6, 6.07) is 27.8. The van der Waals surface area contributed by atoms with Gasteiger partial charge in [0.05, 0.1) is 52.6 Å². The van der Waals surface area contributed by atoms with Gasteiger partial charge < -0.3 is 37.6 Å². The fraction of sp³-hybridized carbons (Fsp3) is 0.432. The van der Waals surface area contributed by atoms with Crippen molar-refractivity contribution in [1.29, 1.82) is 5.26 Å². The third kappa shape index (κ3) is 9.95. The predicted octanol–water partition coefficient (Wildman–Crippen LogP) is 6.94. The molecule has 3 heterocycles. The Morgan fingerprint density at radius 1 is 0.934 bits per heavy atom. The van der Waals surface area contributed by atoms with Gasteiger partial charge in [-0.1, -0.05) is 54.6 Å². The molecule has 3 aromatic carbocycles. The first-order valence-electron chi connectivity index (χ1n) is 20.0. The summed E-state index contributed by atoms with van der Waals surface area (Å²) < 4.78 is 49.1. The molecule has 0 saturated carbocycles. The SMILES string of the molecule is COc1ccc(C(OC[C@H]2O[C@@H](n3cnc4c(=O)[nH]c(/N=C/N(C)C)nc43)[C@@H](OC)[C@H]2OP(OCCC#N)N(C(C)C)C(C)C)(c2ccccc2)c2ccc(OC)cc2)cc1. The molecule has 5 atom stereocenters. The molecule has 2 aromatic heterocycles. The molecule has 61 heavy (non-hydrogen) atoms. The average molecular weight is 855 g/mol. The van der Waals surface area contributed by atoms with Crippen LogP contribution >= 0.6 is 8.53 Å². The van der Waals surface area contributed by atoms with Crippen LogP contribution in [0.5, 0.6) is 11.5 Å². The summed E-state index contributed by atoms with van der Waals surface area (Å²) >= 11 is 0. The Morgan fingerprint density at radius 3 is 2.08 bits per heavy atom. The summed E-state index contributed by atoms with van der Waals surface area (Å²) in [4.78, 5) is 31.2. The van der Waals surface area contributed by atoms with Crippen molar-refractivity contribution in [3.63, 3.8) is 0 Å². The van der Waals surface area contributed by atoms with Gasteiger partial charge in [0.1, 0.15) is 35.4 Å². The Kier molecular flexibility index (Phi) is 15.3. The number of methoxy groups -OCH3 is 3. The summed E-state index contributed by atoms with van der Waals surface area (Å²) in [6.45, 7) is 8.44. The Balaban J connectivity index is 1.50. The van der Waals surface area contributed by atoms with Crippen LogP contribution in [0, 0.1) is 11.3 Å². The highest BCUT2D eigenvalue weighted by Crippen LogP contribution is 2.51. The number of nitrogens with zero attached hydrogens (tertiary/aromatic N) is 7. The molecular weight excluding hydrogens is 800 g/mol. The molecular formula is C44H55N8O8P. The van der Waals surface area contributed by atoms with Gasteiger partial charge in [-0.05, 0) is 68.7 Å². The van der Waals surface area contributed by atoms with Crippen LogP contribution in [0.15, 0.2) is 95.0 Å². The largest absolute Gasteiger partial charge is 0.497 e. The number of aromatic amines is 1. The average Bonchev–Trinajstić information content (AvgIpc) is 3.84. The van der Waals surface area contributed by atoms with E-state index < -0.39 is 44.2 Å². The second-order valence-electron chi connectivity index (χ2n) is 15.1. The first kappa shape index (κ1) is 45.3. The highest BCUT2D eigenvalue weighted by atomic mass is 31.2. The van der Waals surface area contributed by atoms with E-state index in [1.165, 1.54) is 6.33 Å². The van der Waals surface area contributed by atoms with Crippen LogP contribution in [0.3, 0.4) is 0 Å². The molecule has 324 valence electrons. The van der Waals surface area contributed by atoms with Crippen molar-refractivity contribution < 1.29 is 32.7 Å². The Morgan fingerprint density at radius 2 is 1.54 bits per heavy atom. The number of aromatic nitrogens is 4. The lowest BCUT2D eigenvalue weighted by Gasteiger charge is -2.39. The fourth-order valence-electron chi connectivity index (χ4n) is 7.46. The molecule has 0 aliphatic carbocycles. The molecule has 1 saturated heterocycles. The second kappa shape index (κ2) is 20.5. The summed E-state index contributed by atoms with van der Waals surface area (Å²) in [7, 11) is 6.69. The lowest BCUT2D eigenvalue weighted by molar-refractivity contribution is -0.0938. The summed E-state index contributed by atoms with van der Waals surface area (Å²) in [6.07, 6.45) is -0.0727. The van der Waals surface area contributed by atoms with E-state index >= 15 is 0 Å². The van der Waals surface area contributed by atoms with Crippen LogP contribution < -0.4 is 15.0 Å². The molecule has 0 radical (unpaired) electrons. The standard InChI is InChI=1S/C44H55N8O8P/c1-29(2)52(30(3)4)61(58-25-13-24-45)60-38-36(59-42(39(38)56-9)51-28-46-37-40(51)48-43(49-41(37)53)47-27-50(5)6)26-57-44(31-14-11-10-12-15-31,32-16-20-34(54-7)21-17-32)33-18-22-35(55-8)23-19-33/h10-12,14-23,27-30,36,38-39,42H,13,25-26H2,1-9H3,(H,48,49,53)/b47-27+/t36-,38+,39+,42-,61?/m1/s1. The quantitative estimate of drug-likeness (QED) is 0.0281. The van der Waals surface area contributed by atoms with E-state index in [0.717, 1.165) is 16.7 Å². The third-order valence-electron chi connectivity index (χ3n) is 10.2. The minimum Gasteiger partial charge on any atom is -0.497 e. The monoisotopic (exact) mass is 854 g/mol. The molecule has 1 unspecified atom stereocenters. The first-order chi connectivity index (χ1) is 29.4. The number of hydrogen-bond donors (Lipinski definition) is 1. The minimum absolute atomic E-state index is 0.0161. The van der Waals surface area contributed by atoms with Crippen LogP contribution in [-0.2, 0) is 28.9 Å². The van der Waals surface area contributed by atoms with Gasteiger partial charge in [0, 0.05) is 33.3 Å². The maximum Gasteiger partial charge on any atom is 0.280 e. The Bertz CT molecular complexity index is 2240. The summed E-state index contributed by atoms with van der Waals surface area (Å²) in [5.74, 6) is 1.48. The van der Waals surface area contributed by atoms with Crippen molar-refractivity contribution in [2.45, 2.75) is 76.3 Å². The number of nitrogens with one attached hydrogen (secondary N) is 1. The van der Waals surface area contributed by atoms with Crippen LogP contribution in [0.4, 0.5) is 5.95 Å². The molecule has 6 rings (SSSR count). The van der Waals surface area contributed by atoms with Crippen molar-refractivity contribution in [3.8, 4) is 17.6 Å². The van der Waals surface area contributed by atoms with E-state index in [1.807, 2.05) is 93.0 Å². The van der Waals surface area contributed by atoms with E-state index in [4.69, 9.17) is 32.7 Å². The van der Waals surface area contributed by atoms with Gasteiger partial charge in [-0.25, -0.2) is 14.6 Å². The lowest BCUT2D eigenvalue weighted by atomic mass is 9.80. The Hall–Kier alpha value is -5.24. The number of hydrogen-bond acceptors (Lipinski definition) is 13. The topological polar surface area (TPSA) is 171 Å². The highest BCUT2D eigenvalue weighted by Gasteiger charge is 2.51. The summed E-state index contributed by atoms with van der Waals surface area (Å²) in [5.41, 5.74) is 1.25. The van der Waals surface area contributed by atoms with Gasteiger partial charge in [0.25, 0.3) is 14.1 Å². The number of nitriles is 1. The third-order valence-corrected chi connectivity index (χ3v) is 12.3. The van der Waals surface area contributed by atoms with Crippen molar-refractivity contribution in [3.05, 3.63) is 112 Å².